The van der Waals surface area contributed by atoms with E-state index in [1.54, 1.807) is 0 Å². The second-order valence-electron chi connectivity index (χ2n) is 3.75. The van der Waals surface area contributed by atoms with Gasteiger partial charge < -0.3 is 14.6 Å². The topological polar surface area (TPSA) is 38.7 Å². The van der Waals surface area contributed by atoms with Crippen LogP contribution in [0, 0.1) is 0 Å². The van der Waals surface area contributed by atoms with Crippen LogP contribution in [-0.4, -0.2) is 30.0 Å². The highest BCUT2D eigenvalue weighted by Crippen LogP contribution is 2.34. The Kier molecular flexibility index (Phi) is 2.30. The van der Waals surface area contributed by atoms with E-state index in [4.69, 9.17) is 9.47 Å². The average molecular weight is 184 g/mol. The van der Waals surface area contributed by atoms with Gasteiger partial charge in [0, 0.05) is 6.42 Å². The van der Waals surface area contributed by atoms with Crippen molar-refractivity contribution in [2.24, 2.45) is 0 Å². The second-order valence-corrected chi connectivity index (χ2v) is 3.75. The van der Waals surface area contributed by atoms with Crippen LogP contribution < -0.4 is 0 Å². The van der Waals surface area contributed by atoms with E-state index in [0.29, 0.717) is 13.0 Å². The Morgan fingerprint density at radius 1 is 1.54 bits per heavy atom. The largest absolute Gasteiger partial charge is 0.495 e. The predicted molar refractivity (Wildman–Crippen MR) is 48.2 cm³/mol. The lowest BCUT2D eigenvalue weighted by Crippen LogP contribution is -2.40. The highest BCUT2D eigenvalue weighted by molar-refractivity contribution is 5.16. The van der Waals surface area contributed by atoms with Crippen LogP contribution in [0.5, 0.6) is 0 Å². The van der Waals surface area contributed by atoms with E-state index in [-0.39, 0.29) is 6.10 Å². The molecule has 74 valence electrons. The summed E-state index contributed by atoms with van der Waals surface area (Å²) in [6, 6.07) is 0. The normalized spacial score (nSPS) is 39.8. The van der Waals surface area contributed by atoms with Crippen molar-refractivity contribution in [3.05, 3.63) is 11.8 Å². The van der Waals surface area contributed by atoms with Crippen LogP contribution in [0.4, 0.5) is 0 Å². The van der Waals surface area contributed by atoms with Crippen molar-refractivity contribution in [3.63, 3.8) is 0 Å². The Morgan fingerprint density at radius 3 is 2.92 bits per heavy atom. The number of ether oxygens (including phenoxy) is 2. The van der Waals surface area contributed by atoms with E-state index in [0.717, 1.165) is 25.2 Å². The molecule has 1 saturated heterocycles. The van der Waals surface area contributed by atoms with Gasteiger partial charge in [-0.3, -0.25) is 0 Å². The summed E-state index contributed by atoms with van der Waals surface area (Å²) < 4.78 is 10.8. The van der Waals surface area contributed by atoms with Crippen LogP contribution in [0.25, 0.3) is 0 Å². The van der Waals surface area contributed by atoms with Crippen molar-refractivity contribution in [1.82, 2.24) is 0 Å². The minimum atomic E-state index is -0.861. The first kappa shape index (κ1) is 9.03. The van der Waals surface area contributed by atoms with Crippen LogP contribution in [0.2, 0.25) is 0 Å². The lowest BCUT2D eigenvalue weighted by Gasteiger charge is -2.30. The van der Waals surface area contributed by atoms with Gasteiger partial charge in [-0.15, -0.1) is 0 Å². The molecule has 2 heterocycles. The molecule has 13 heavy (non-hydrogen) atoms. The summed E-state index contributed by atoms with van der Waals surface area (Å²) in [4.78, 5) is 0. The van der Waals surface area contributed by atoms with Crippen molar-refractivity contribution in [2.45, 2.75) is 37.9 Å². The third kappa shape index (κ3) is 1.46. The monoisotopic (exact) mass is 184 g/mol. The van der Waals surface area contributed by atoms with Crippen LogP contribution >= 0.6 is 0 Å². The molecule has 1 N–H and O–H groups in total. The third-order valence-corrected chi connectivity index (χ3v) is 2.89. The molecule has 0 saturated carbocycles. The quantitative estimate of drug-likeness (QED) is 0.666. The van der Waals surface area contributed by atoms with E-state index >= 15 is 0 Å². The minimum absolute atomic E-state index is 0.142. The highest BCUT2D eigenvalue weighted by atomic mass is 16.5. The zero-order valence-corrected chi connectivity index (χ0v) is 7.95. The molecule has 0 aliphatic carbocycles. The molecule has 0 aromatic rings. The molecule has 2 aliphatic heterocycles. The summed E-state index contributed by atoms with van der Waals surface area (Å²) in [6.45, 7) is 3.24. The van der Waals surface area contributed by atoms with Crippen molar-refractivity contribution >= 4 is 0 Å². The predicted octanol–water partition coefficient (Wildman–Crippen LogP) is 1.22. The summed E-state index contributed by atoms with van der Waals surface area (Å²) in [5, 5.41) is 10.3. The SMILES string of the molecule is CC1OCCC1(O)C1=CCCCO1. The summed E-state index contributed by atoms with van der Waals surface area (Å²) >= 11 is 0. The summed E-state index contributed by atoms with van der Waals surface area (Å²) in [6.07, 6.45) is 4.56. The van der Waals surface area contributed by atoms with Crippen LogP contribution in [0.15, 0.2) is 11.8 Å². The summed E-state index contributed by atoms with van der Waals surface area (Å²) in [7, 11) is 0. The molecule has 2 unspecified atom stereocenters. The fraction of sp³-hybridized carbons (Fsp3) is 0.800. The van der Waals surface area contributed by atoms with Crippen molar-refractivity contribution in [3.8, 4) is 0 Å². The molecule has 0 amide bonds. The Labute approximate surface area is 78.3 Å². The molecular weight excluding hydrogens is 168 g/mol. The first-order chi connectivity index (χ1) is 6.23. The molecule has 3 heteroatoms. The molecule has 0 spiro atoms. The molecule has 0 radical (unpaired) electrons. The Bertz CT molecular complexity index is 224. The maximum absolute atomic E-state index is 10.3. The minimum Gasteiger partial charge on any atom is -0.495 e. The molecule has 0 aromatic carbocycles. The van der Waals surface area contributed by atoms with Gasteiger partial charge in [0.2, 0.25) is 0 Å². The van der Waals surface area contributed by atoms with Gasteiger partial charge >= 0.3 is 0 Å². The maximum atomic E-state index is 10.3. The average Bonchev–Trinajstić information content (AvgIpc) is 2.50. The smallest absolute Gasteiger partial charge is 0.149 e. The molecule has 1 fully saturated rings. The fourth-order valence-electron chi connectivity index (χ4n) is 1.92. The summed E-state index contributed by atoms with van der Waals surface area (Å²) in [5.74, 6) is 0.726. The van der Waals surface area contributed by atoms with E-state index < -0.39 is 5.60 Å². The van der Waals surface area contributed by atoms with Crippen molar-refractivity contribution < 1.29 is 14.6 Å². The Hall–Kier alpha value is -0.540. The summed E-state index contributed by atoms with van der Waals surface area (Å²) in [5.41, 5.74) is -0.861. The number of aliphatic hydroxyl groups is 1. The number of hydrogen-bond acceptors (Lipinski definition) is 3. The number of allylic oxidation sites excluding steroid dienone is 1. The standard InChI is InChI=1S/C10H16O3/c1-8-10(11,5-7-12-8)9-4-2-3-6-13-9/h4,8,11H,2-3,5-7H2,1H3. The third-order valence-electron chi connectivity index (χ3n) is 2.89. The highest BCUT2D eigenvalue weighted by Gasteiger charge is 2.44. The van der Waals surface area contributed by atoms with Crippen LogP contribution in [0.3, 0.4) is 0 Å². The zero-order chi connectivity index (χ0) is 9.31. The Morgan fingerprint density at radius 2 is 2.38 bits per heavy atom. The maximum Gasteiger partial charge on any atom is 0.149 e. The van der Waals surface area contributed by atoms with E-state index in [1.807, 2.05) is 13.0 Å². The van der Waals surface area contributed by atoms with E-state index in [2.05, 4.69) is 0 Å². The van der Waals surface area contributed by atoms with Gasteiger partial charge in [-0.05, 0) is 25.8 Å². The van der Waals surface area contributed by atoms with Gasteiger partial charge in [0.05, 0.1) is 19.3 Å². The van der Waals surface area contributed by atoms with E-state index in [1.165, 1.54) is 0 Å². The molecular formula is C10H16O3. The lowest BCUT2D eigenvalue weighted by molar-refractivity contribution is -0.0434. The van der Waals surface area contributed by atoms with Gasteiger partial charge in [-0.2, -0.15) is 0 Å². The van der Waals surface area contributed by atoms with Crippen molar-refractivity contribution in [2.75, 3.05) is 13.2 Å². The van der Waals surface area contributed by atoms with Gasteiger partial charge in [-0.25, -0.2) is 0 Å². The molecule has 2 atom stereocenters. The lowest BCUT2D eigenvalue weighted by atomic mass is 9.92. The number of hydrogen-bond donors (Lipinski definition) is 1. The first-order valence-corrected chi connectivity index (χ1v) is 4.91. The fourth-order valence-corrected chi connectivity index (χ4v) is 1.92. The molecule has 3 nitrogen and oxygen atoms in total. The molecule has 2 rings (SSSR count). The molecule has 2 aliphatic rings. The van der Waals surface area contributed by atoms with Crippen LogP contribution in [-0.2, 0) is 9.47 Å². The first-order valence-electron chi connectivity index (χ1n) is 4.91. The van der Waals surface area contributed by atoms with Crippen LogP contribution in [0.1, 0.15) is 26.2 Å². The second kappa shape index (κ2) is 3.31. The van der Waals surface area contributed by atoms with E-state index in [9.17, 15) is 5.11 Å². The van der Waals surface area contributed by atoms with Gasteiger partial charge in [0.15, 0.2) is 0 Å². The van der Waals surface area contributed by atoms with Crippen molar-refractivity contribution in [1.29, 1.82) is 0 Å². The number of rotatable bonds is 1. The Balaban J connectivity index is 2.17. The van der Waals surface area contributed by atoms with Gasteiger partial charge in [-0.1, -0.05) is 0 Å². The molecule has 0 bridgehead atoms. The van der Waals surface area contributed by atoms with Gasteiger partial charge in [0.1, 0.15) is 11.4 Å². The molecule has 0 aromatic heterocycles. The zero-order valence-electron chi connectivity index (χ0n) is 7.95. The van der Waals surface area contributed by atoms with Gasteiger partial charge in [0.25, 0.3) is 0 Å².